The number of aromatic amines is 1. The van der Waals surface area contributed by atoms with Crippen LogP contribution in [0.4, 0.5) is 0 Å². The molecule has 2 aromatic heterocycles. The average Bonchev–Trinajstić information content (AvgIpc) is 2.93. The largest absolute Gasteiger partial charge is 0.462 e. The van der Waals surface area contributed by atoms with Gasteiger partial charge in [0.05, 0.1) is 6.61 Å². The highest BCUT2D eigenvalue weighted by Gasteiger charge is 2.29. The molecule has 0 aromatic carbocycles. The van der Waals surface area contributed by atoms with Crippen LogP contribution in [0.5, 0.6) is 0 Å². The number of aryl methyl sites for hydroxylation is 1. The highest BCUT2D eigenvalue weighted by atomic mass is 32.1. The Morgan fingerprint density at radius 3 is 2.78 bits per heavy atom. The Labute approximate surface area is 137 Å². The molecule has 1 aliphatic carbocycles. The second-order valence-corrected chi connectivity index (χ2v) is 6.92. The van der Waals surface area contributed by atoms with Gasteiger partial charge in [0, 0.05) is 33.4 Å². The summed E-state index contributed by atoms with van der Waals surface area (Å²) in [5, 5.41) is 0. The summed E-state index contributed by atoms with van der Waals surface area (Å²) < 4.78 is 4.86. The van der Waals surface area contributed by atoms with Crippen LogP contribution in [0.15, 0.2) is 23.0 Å². The van der Waals surface area contributed by atoms with Gasteiger partial charge < -0.3 is 9.72 Å². The first-order chi connectivity index (χ1) is 11.0. The summed E-state index contributed by atoms with van der Waals surface area (Å²) in [5.74, 6) is -0.665. The molecule has 1 atom stereocenters. The van der Waals surface area contributed by atoms with Crippen molar-refractivity contribution in [3.8, 4) is 0 Å². The first-order valence-electron chi connectivity index (χ1n) is 7.52. The summed E-state index contributed by atoms with van der Waals surface area (Å²) in [4.78, 5) is 41.4. The van der Waals surface area contributed by atoms with Gasteiger partial charge in [-0.2, -0.15) is 0 Å². The Morgan fingerprint density at radius 1 is 1.35 bits per heavy atom. The van der Waals surface area contributed by atoms with E-state index in [1.54, 1.807) is 18.3 Å². The highest BCUT2D eigenvalue weighted by Crippen LogP contribution is 2.35. The maximum atomic E-state index is 12.5. The molecule has 1 N–H and O–H groups in total. The van der Waals surface area contributed by atoms with Crippen LogP contribution in [0, 0.1) is 6.92 Å². The number of esters is 1. The van der Waals surface area contributed by atoms with Crippen LogP contribution >= 0.6 is 11.3 Å². The fraction of sp³-hybridized carbons (Fsp3) is 0.353. The molecule has 6 heteroatoms. The second kappa shape index (κ2) is 6.12. The van der Waals surface area contributed by atoms with Crippen molar-refractivity contribution in [1.82, 2.24) is 4.98 Å². The summed E-state index contributed by atoms with van der Waals surface area (Å²) in [5.41, 5.74) is 0.426. The lowest BCUT2D eigenvalue weighted by molar-refractivity contribution is 0.0524. The summed E-state index contributed by atoms with van der Waals surface area (Å²) in [6, 6.07) is 5.45. The van der Waals surface area contributed by atoms with Gasteiger partial charge in [-0.05, 0) is 38.5 Å². The first-order valence-corrected chi connectivity index (χ1v) is 8.34. The van der Waals surface area contributed by atoms with Crippen LogP contribution in [0.1, 0.15) is 55.4 Å². The van der Waals surface area contributed by atoms with Crippen LogP contribution in [-0.2, 0) is 11.2 Å². The Morgan fingerprint density at radius 2 is 2.13 bits per heavy atom. The molecule has 2 heterocycles. The van der Waals surface area contributed by atoms with Gasteiger partial charge in [-0.1, -0.05) is 0 Å². The van der Waals surface area contributed by atoms with E-state index in [-0.39, 0.29) is 23.9 Å². The van der Waals surface area contributed by atoms with E-state index in [0.29, 0.717) is 24.1 Å². The van der Waals surface area contributed by atoms with E-state index in [4.69, 9.17) is 4.74 Å². The van der Waals surface area contributed by atoms with Gasteiger partial charge in [0.2, 0.25) is 0 Å². The van der Waals surface area contributed by atoms with Crippen LogP contribution in [0.3, 0.4) is 0 Å². The molecule has 5 nitrogen and oxygen atoms in total. The van der Waals surface area contributed by atoms with Crippen molar-refractivity contribution in [3.05, 3.63) is 55.1 Å². The minimum Gasteiger partial charge on any atom is -0.462 e. The SMILES string of the molecule is CCOC(=O)c1cc2c([nH]c1=O)C[C@H](c1ccc(C)s1)CC2=O. The molecule has 0 saturated carbocycles. The van der Waals surface area contributed by atoms with Gasteiger partial charge >= 0.3 is 5.97 Å². The van der Waals surface area contributed by atoms with Crippen LogP contribution in [0.25, 0.3) is 0 Å². The number of fused-ring (bicyclic) bond motifs is 1. The molecule has 0 unspecified atom stereocenters. The fourth-order valence-corrected chi connectivity index (χ4v) is 3.84. The molecule has 2 aromatic rings. The molecule has 0 saturated heterocycles. The number of Topliss-reactive ketones (excluding diaryl/α,β-unsaturated/α-hetero) is 1. The van der Waals surface area contributed by atoms with Gasteiger partial charge in [-0.25, -0.2) is 4.79 Å². The lowest BCUT2D eigenvalue weighted by Crippen LogP contribution is -2.27. The number of rotatable bonds is 3. The van der Waals surface area contributed by atoms with E-state index in [1.807, 2.05) is 19.1 Å². The number of aromatic nitrogens is 1. The molecular weight excluding hydrogens is 314 g/mol. The number of thiophene rings is 1. The van der Waals surface area contributed by atoms with E-state index >= 15 is 0 Å². The van der Waals surface area contributed by atoms with Crippen molar-refractivity contribution < 1.29 is 14.3 Å². The number of hydrogen-bond acceptors (Lipinski definition) is 5. The molecule has 1 aliphatic rings. The summed E-state index contributed by atoms with van der Waals surface area (Å²) in [7, 11) is 0. The van der Waals surface area contributed by atoms with Crippen LogP contribution in [0.2, 0.25) is 0 Å². The quantitative estimate of drug-likeness (QED) is 0.878. The molecule has 0 radical (unpaired) electrons. The zero-order chi connectivity index (χ0) is 16.6. The monoisotopic (exact) mass is 331 g/mol. The molecule has 120 valence electrons. The van der Waals surface area contributed by atoms with Gasteiger partial charge in [0.15, 0.2) is 5.78 Å². The van der Waals surface area contributed by atoms with Crippen molar-refractivity contribution in [2.45, 2.75) is 32.6 Å². The van der Waals surface area contributed by atoms with Gasteiger partial charge in [-0.15, -0.1) is 11.3 Å². The zero-order valence-electron chi connectivity index (χ0n) is 13.0. The third-order valence-corrected chi connectivity index (χ3v) is 5.13. The van der Waals surface area contributed by atoms with E-state index in [9.17, 15) is 14.4 Å². The smallest absolute Gasteiger partial charge is 0.343 e. The molecule has 0 fully saturated rings. The maximum Gasteiger partial charge on any atom is 0.343 e. The predicted molar refractivity (Wildman–Crippen MR) is 87.5 cm³/mol. The van der Waals surface area contributed by atoms with Crippen LogP contribution < -0.4 is 5.56 Å². The minimum atomic E-state index is -0.694. The van der Waals surface area contributed by atoms with Crippen molar-refractivity contribution in [3.63, 3.8) is 0 Å². The summed E-state index contributed by atoms with van der Waals surface area (Å²) in [6.45, 7) is 3.88. The standard InChI is InChI=1S/C17H17NO4S/c1-3-22-17(21)12-8-11-13(18-16(12)20)6-10(7-14(11)19)15-5-4-9(2)23-15/h4-5,8,10H,3,6-7H2,1-2H3,(H,18,20)/t10-/m0/s1. The fourth-order valence-electron chi connectivity index (χ4n) is 2.87. The van der Waals surface area contributed by atoms with Crippen molar-refractivity contribution >= 4 is 23.1 Å². The average molecular weight is 331 g/mol. The lowest BCUT2D eigenvalue weighted by atomic mass is 9.84. The highest BCUT2D eigenvalue weighted by molar-refractivity contribution is 7.12. The first kappa shape index (κ1) is 15.7. The van der Waals surface area contributed by atoms with Crippen molar-refractivity contribution in [1.29, 1.82) is 0 Å². The number of ether oxygens (including phenoxy) is 1. The number of carbonyl (C=O) groups is 2. The second-order valence-electron chi connectivity index (χ2n) is 5.60. The normalized spacial score (nSPS) is 17.0. The third kappa shape index (κ3) is 2.99. The van der Waals surface area contributed by atoms with E-state index < -0.39 is 11.5 Å². The molecule has 3 rings (SSSR count). The molecule has 23 heavy (non-hydrogen) atoms. The number of pyridine rings is 1. The number of ketones is 1. The third-order valence-electron chi connectivity index (χ3n) is 3.96. The molecule has 0 spiro atoms. The van der Waals surface area contributed by atoms with Gasteiger partial charge in [-0.3, -0.25) is 9.59 Å². The van der Waals surface area contributed by atoms with Gasteiger partial charge in [0.25, 0.3) is 5.56 Å². The predicted octanol–water partition coefficient (Wildman–Crippen LogP) is 2.83. The zero-order valence-corrected chi connectivity index (χ0v) is 13.8. The lowest BCUT2D eigenvalue weighted by Gasteiger charge is -2.22. The molecular formula is C17H17NO4S. The molecule has 0 aliphatic heterocycles. The minimum absolute atomic E-state index is 0.0518. The van der Waals surface area contributed by atoms with E-state index in [2.05, 4.69) is 4.98 Å². The number of carbonyl (C=O) groups excluding carboxylic acids is 2. The summed E-state index contributed by atoms with van der Waals surface area (Å²) in [6.07, 6.45) is 0.987. The van der Waals surface area contributed by atoms with Crippen LogP contribution in [-0.4, -0.2) is 23.3 Å². The Kier molecular flexibility index (Phi) is 4.17. The molecule has 0 amide bonds. The Bertz CT molecular complexity index is 833. The van der Waals surface area contributed by atoms with Gasteiger partial charge in [0.1, 0.15) is 5.56 Å². The Hall–Kier alpha value is -2.21. The summed E-state index contributed by atoms with van der Waals surface area (Å²) >= 11 is 1.67. The number of nitrogens with one attached hydrogen (secondary N) is 1. The van der Waals surface area contributed by atoms with Crippen molar-refractivity contribution in [2.24, 2.45) is 0 Å². The maximum absolute atomic E-state index is 12.5. The van der Waals surface area contributed by atoms with E-state index in [1.165, 1.54) is 10.9 Å². The Balaban J connectivity index is 1.97. The van der Waals surface area contributed by atoms with E-state index in [0.717, 1.165) is 4.88 Å². The number of hydrogen-bond donors (Lipinski definition) is 1. The topological polar surface area (TPSA) is 76.2 Å². The molecule has 0 bridgehead atoms. The number of H-pyrrole nitrogens is 1. The van der Waals surface area contributed by atoms with Crippen molar-refractivity contribution in [2.75, 3.05) is 6.61 Å².